The Hall–Kier alpha value is -0.300. The van der Waals surface area contributed by atoms with Crippen molar-refractivity contribution in [3.63, 3.8) is 0 Å². The smallest absolute Gasteiger partial charge is 0.0129 e. The van der Waals surface area contributed by atoms with Crippen LogP contribution in [-0.2, 0) is 0 Å². The molecule has 4 rings (SSSR count). The molecule has 17 heavy (non-hydrogen) atoms. The Labute approximate surface area is 105 Å². The summed E-state index contributed by atoms with van der Waals surface area (Å²) in [6, 6.07) is 0.934. The first-order chi connectivity index (χ1) is 8.33. The van der Waals surface area contributed by atoms with E-state index in [1.807, 2.05) is 0 Å². The van der Waals surface area contributed by atoms with E-state index in [4.69, 9.17) is 0 Å². The zero-order chi connectivity index (χ0) is 11.6. The molecule has 0 spiro atoms. The van der Waals surface area contributed by atoms with Crippen LogP contribution in [0.4, 0.5) is 0 Å². The van der Waals surface area contributed by atoms with Gasteiger partial charge in [-0.1, -0.05) is 26.0 Å². The first kappa shape index (κ1) is 10.6. The molecule has 0 aromatic carbocycles. The zero-order valence-electron chi connectivity index (χ0n) is 11.2. The lowest BCUT2D eigenvalue weighted by Gasteiger charge is -2.41. The maximum absolute atomic E-state index is 2.75. The molecule has 4 aliphatic rings. The molecule has 7 unspecified atom stereocenters. The van der Waals surface area contributed by atoms with Crippen LogP contribution in [0.2, 0.25) is 0 Å². The summed E-state index contributed by atoms with van der Waals surface area (Å²) in [6.45, 7) is 7.19. The number of fused-ring (bicyclic) bond motifs is 9. The second-order valence-corrected chi connectivity index (χ2v) is 6.79. The molecule has 4 bridgehead atoms. The van der Waals surface area contributed by atoms with Crippen molar-refractivity contribution in [1.29, 1.82) is 0 Å². The number of hydrogen-bond acceptors (Lipinski definition) is 1. The fourth-order valence-electron chi connectivity index (χ4n) is 6.09. The molecule has 0 saturated heterocycles. The standard InChI is InChI=1S/C16H25N/c1-3-17(4-2)14-9-12-8-13(14)16-11-6-5-10(7-11)15(12)16/h5-6,10-16H,3-4,7-9H2,1-2H3. The number of hydrogen-bond donors (Lipinski definition) is 0. The monoisotopic (exact) mass is 231 g/mol. The summed E-state index contributed by atoms with van der Waals surface area (Å²) in [5, 5.41) is 0. The van der Waals surface area contributed by atoms with Gasteiger partial charge in [0.05, 0.1) is 0 Å². The average Bonchev–Trinajstić information content (AvgIpc) is 3.09. The maximum atomic E-state index is 2.75. The molecule has 3 fully saturated rings. The zero-order valence-corrected chi connectivity index (χ0v) is 11.2. The van der Waals surface area contributed by atoms with Gasteiger partial charge in [-0.25, -0.2) is 0 Å². The van der Waals surface area contributed by atoms with Crippen molar-refractivity contribution in [1.82, 2.24) is 4.90 Å². The van der Waals surface area contributed by atoms with Crippen LogP contribution in [0.15, 0.2) is 12.2 Å². The molecule has 0 amide bonds. The second kappa shape index (κ2) is 3.60. The molecule has 1 heteroatoms. The van der Waals surface area contributed by atoms with Gasteiger partial charge in [0.2, 0.25) is 0 Å². The average molecular weight is 231 g/mol. The Balaban J connectivity index is 1.61. The van der Waals surface area contributed by atoms with Crippen LogP contribution in [0.3, 0.4) is 0 Å². The summed E-state index contributed by atoms with van der Waals surface area (Å²) in [6.07, 6.45) is 9.70. The normalized spacial score (nSPS) is 53.9. The Kier molecular flexibility index (Phi) is 2.25. The molecule has 0 aliphatic heterocycles. The second-order valence-electron chi connectivity index (χ2n) is 6.79. The minimum Gasteiger partial charge on any atom is -0.301 e. The maximum Gasteiger partial charge on any atom is 0.0129 e. The number of nitrogens with zero attached hydrogens (tertiary/aromatic N) is 1. The lowest BCUT2D eigenvalue weighted by Crippen LogP contribution is -2.44. The fraction of sp³-hybridized carbons (Fsp3) is 0.875. The summed E-state index contributed by atoms with van der Waals surface area (Å²) >= 11 is 0. The van der Waals surface area contributed by atoms with Gasteiger partial charge in [0, 0.05) is 6.04 Å². The summed E-state index contributed by atoms with van der Waals surface area (Å²) in [5.74, 6) is 6.26. The van der Waals surface area contributed by atoms with E-state index in [0.29, 0.717) is 0 Å². The fourth-order valence-corrected chi connectivity index (χ4v) is 6.09. The predicted molar refractivity (Wildman–Crippen MR) is 70.6 cm³/mol. The predicted octanol–water partition coefficient (Wildman–Crippen LogP) is 3.17. The molecule has 0 aromatic rings. The van der Waals surface area contributed by atoms with Gasteiger partial charge in [0.25, 0.3) is 0 Å². The Bertz CT molecular complexity index is 343. The van der Waals surface area contributed by atoms with Crippen molar-refractivity contribution in [2.75, 3.05) is 13.1 Å². The van der Waals surface area contributed by atoms with Crippen molar-refractivity contribution in [3.05, 3.63) is 12.2 Å². The quantitative estimate of drug-likeness (QED) is 0.532. The van der Waals surface area contributed by atoms with E-state index in [1.165, 1.54) is 25.9 Å². The van der Waals surface area contributed by atoms with E-state index in [9.17, 15) is 0 Å². The third kappa shape index (κ3) is 1.24. The Morgan fingerprint density at radius 2 is 1.65 bits per heavy atom. The van der Waals surface area contributed by atoms with Crippen LogP contribution in [0.25, 0.3) is 0 Å². The van der Waals surface area contributed by atoms with E-state index in [-0.39, 0.29) is 0 Å². The molecule has 94 valence electrons. The summed E-state index contributed by atoms with van der Waals surface area (Å²) in [4.78, 5) is 2.75. The van der Waals surface area contributed by atoms with Crippen LogP contribution >= 0.6 is 0 Å². The highest BCUT2D eigenvalue weighted by Crippen LogP contribution is 2.65. The molecule has 0 heterocycles. The topological polar surface area (TPSA) is 3.24 Å². The van der Waals surface area contributed by atoms with Gasteiger partial charge in [-0.3, -0.25) is 0 Å². The molecule has 0 radical (unpaired) electrons. The number of rotatable bonds is 3. The van der Waals surface area contributed by atoms with Gasteiger partial charge in [0.15, 0.2) is 0 Å². The van der Waals surface area contributed by atoms with Crippen LogP contribution in [0, 0.1) is 35.5 Å². The van der Waals surface area contributed by atoms with E-state index in [0.717, 1.165) is 41.5 Å². The van der Waals surface area contributed by atoms with Gasteiger partial charge in [-0.2, -0.15) is 0 Å². The molecule has 1 nitrogen and oxygen atoms in total. The van der Waals surface area contributed by atoms with Crippen molar-refractivity contribution in [3.8, 4) is 0 Å². The van der Waals surface area contributed by atoms with Gasteiger partial charge >= 0.3 is 0 Å². The van der Waals surface area contributed by atoms with Gasteiger partial charge in [0.1, 0.15) is 0 Å². The molecule has 3 saturated carbocycles. The summed E-state index contributed by atoms with van der Waals surface area (Å²) in [5.41, 5.74) is 0. The van der Waals surface area contributed by atoms with E-state index < -0.39 is 0 Å². The minimum atomic E-state index is 0.934. The van der Waals surface area contributed by atoms with E-state index in [2.05, 4.69) is 30.9 Å². The highest BCUT2D eigenvalue weighted by molar-refractivity contribution is 5.21. The highest BCUT2D eigenvalue weighted by Gasteiger charge is 2.61. The molecule has 0 aromatic heterocycles. The lowest BCUT2D eigenvalue weighted by molar-refractivity contribution is 0.0844. The Morgan fingerprint density at radius 3 is 2.35 bits per heavy atom. The van der Waals surface area contributed by atoms with Crippen LogP contribution in [0.1, 0.15) is 33.1 Å². The molecular weight excluding hydrogens is 206 g/mol. The van der Waals surface area contributed by atoms with E-state index >= 15 is 0 Å². The van der Waals surface area contributed by atoms with Crippen LogP contribution in [0.5, 0.6) is 0 Å². The summed E-state index contributed by atoms with van der Waals surface area (Å²) < 4.78 is 0. The third-order valence-electron chi connectivity index (χ3n) is 6.52. The van der Waals surface area contributed by atoms with Crippen molar-refractivity contribution in [2.24, 2.45) is 35.5 Å². The largest absolute Gasteiger partial charge is 0.301 e. The summed E-state index contributed by atoms with van der Waals surface area (Å²) in [7, 11) is 0. The molecule has 0 N–H and O–H groups in total. The van der Waals surface area contributed by atoms with Gasteiger partial charge in [-0.15, -0.1) is 0 Å². The number of allylic oxidation sites excluding steroid dienone is 2. The van der Waals surface area contributed by atoms with Crippen molar-refractivity contribution >= 4 is 0 Å². The lowest BCUT2D eigenvalue weighted by atomic mass is 9.71. The highest BCUT2D eigenvalue weighted by atomic mass is 15.2. The van der Waals surface area contributed by atoms with E-state index in [1.54, 1.807) is 6.42 Å². The molecule has 4 aliphatic carbocycles. The first-order valence-corrected chi connectivity index (χ1v) is 7.75. The SMILES string of the molecule is CCN(CC)C1CC2CC1C1C3C=CC(C3)C21. The van der Waals surface area contributed by atoms with Crippen LogP contribution in [-0.4, -0.2) is 24.0 Å². The van der Waals surface area contributed by atoms with Gasteiger partial charge in [-0.05, 0) is 67.9 Å². The Morgan fingerprint density at radius 1 is 0.941 bits per heavy atom. The molecular formula is C16H25N. The van der Waals surface area contributed by atoms with Gasteiger partial charge < -0.3 is 4.90 Å². The third-order valence-corrected chi connectivity index (χ3v) is 6.52. The molecule has 7 atom stereocenters. The van der Waals surface area contributed by atoms with Crippen molar-refractivity contribution < 1.29 is 0 Å². The van der Waals surface area contributed by atoms with Crippen LogP contribution < -0.4 is 0 Å². The van der Waals surface area contributed by atoms with Crippen molar-refractivity contribution in [2.45, 2.75) is 39.2 Å². The first-order valence-electron chi connectivity index (χ1n) is 7.75. The minimum absolute atomic E-state index is 0.934.